The average molecular weight is 345 g/mol. The maximum Gasteiger partial charge on any atom is 0.284 e. The van der Waals surface area contributed by atoms with Crippen molar-refractivity contribution in [1.29, 1.82) is 0 Å². The van der Waals surface area contributed by atoms with Crippen molar-refractivity contribution < 1.29 is 4.92 Å². The highest BCUT2D eigenvalue weighted by Crippen LogP contribution is 2.39. The van der Waals surface area contributed by atoms with Gasteiger partial charge in [-0.15, -0.1) is 0 Å². The summed E-state index contributed by atoms with van der Waals surface area (Å²) < 4.78 is 1.84. The number of benzene rings is 2. The lowest BCUT2D eigenvalue weighted by molar-refractivity contribution is -0.387. The van der Waals surface area contributed by atoms with E-state index in [1.165, 1.54) is 17.8 Å². The van der Waals surface area contributed by atoms with Crippen LogP contribution in [0.25, 0.3) is 5.69 Å². The molecule has 0 saturated heterocycles. The maximum atomic E-state index is 11.3. The van der Waals surface area contributed by atoms with Crippen molar-refractivity contribution in [2.45, 2.75) is 16.7 Å². The van der Waals surface area contributed by atoms with Crippen LogP contribution < -0.4 is 0 Å². The molecule has 0 saturated carbocycles. The van der Waals surface area contributed by atoms with Gasteiger partial charge in [0, 0.05) is 23.4 Å². The second-order valence-corrected chi connectivity index (χ2v) is 6.56. The highest BCUT2D eigenvalue weighted by molar-refractivity contribution is 7.99. The van der Waals surface area contributed by atoms with Gasteiger partial charge in [-0.2, -0.15) is 0 Å². The normalized spacial score (nSPS) is 10.7. The fourth-order valence-corrected chi connectivity index (χ4v) is 3.37. The zero-order chi connectivity index (χ0) is 16.4. The molecule has 0 spiro atoms. The first-order valence-corrected chi connectivity index (χ1v) is 8.10. The van der Waals surface area contributed by atoms with E-state index in [-0.39, 0.29) is 5.69 Å². The first-order chi connectivity index (χ1) is 11.0. The van der Waals surface area contributed by atoms with Crippen molar-refractivity contribution >= 4 is 29.1 Å². The number of aromatic nitrogens is 1. The number of nitro benzene ring substituents is 1. The minimum absolute atomic E-state index is 0.0106. The van der Waals surface area contributed by atoms with Crippen LogP contribution in [0.5, 0.6) is 0 Å². The van der Waals surface area contributed by atoms with E-state index in [2.05, 4.69) is 0 Å². The van der Waals surface area contributed by atoms with Crippen LogP contribution in [0.2, 0.25) is 5.02 Å². The summed E-state index contributed by atoms with van der Waals surface area (Å²) >= 11 is 7.58. The number of nitro groups is 1. The Labute approximate surface area is 142 Å². The van der Waals surface area contributed by atoms with E-state index in [1.54, 1.807) is 6.07 Å². The summed E-state index contributed by atoms with van der Waals surface area (Å²) in [5, 5.41) is 11.7. The molecule has 0 aliphatic heterocycles. The van der Waals surface area contributed by atoms with E-state index in [9.17, 15) is 10.1 Å². The monoisotopic (exact) mass is 344 g/mol. The second-order valence-electron chi connectivity index (χ2n) is 5.03. The molecule has 116 valence electrons. The minimum Gasteiger partial charge on any atom is -0.322 e. The molecular weight excluding hydrogens is 332 g/mol. The average Bonchev–Trinajstić information content (AvgIpc) is 3.05. The Hall–Kier alpha value is -2.24. The third-order valence-corrected chi connectivity index (χ3v) is 4.71. The van der Waals surface area contributed by atoms with Gasteiger partial charge in [0.15, 0.2) is 0 Å². The van der Waals surface area contributed by atoms with Crippen LogP contribution in [0.15, 0.2) is 70.7 Å². The standard InChI is InChI=1S/C17H13ClN2O2S/c1-12-4-6-13(7-5-12)23-17-11-15(19-8-2-3-9-19)14(18)10-16(17)20(21)22/h2-11H,1H3. The van der Waals surface area contributed by atoms with Crippen LogP contribution in [0.3, 0.4) is 0 Å². The molecule has 2 aromatic carbocycles. The molecule has 0 aliphatic carbocycles. The number of hydrogen-bond donors (Lipinski definition) is 0. The fraction of sp³-hybridized carbons (Fsp3) is 0.0588. The third kappa shape index (κ3) is 3.41. The molecule has 1 heterocycles. The zero-order valence-corrected chi connectivity index (χ0v) is 13.8. The molecule has 0 bridgehead atoms. The zero-order valence-electron chi connectivity index (χ0n) is 12.3. The van der Waals surface area contributed by atoms with E-state index in [0.717, 1.165) is 16.1 Å². The molecule has 3 rings (SSSR count). The Morgan fingerprint density at radius 1 is 1.13 bits per heavy atom. The van der Waals surface area contributed by atoms with Crippen LogP contribution >= 0.6 is 23.4 Å². The number of aryl methyl sites for hydroxylation is 1. The van der Waals surface area contributed by atoms with Crippen LogP contribution in [0.4, 0.5) is 5.69 Å². The highest BCUT2D eigenvalue weighted by atomic mass is 35.5. The molecular formula is C17H13ClN2O2S. The van der Waals surface area contributed by atoms with Gasteiger partial charge in [0.2, 0.25) is 0 Å². The number of nitrogens with zero attached hydrogens (tertiary/aromatic N) is 2. The first-order valence-electron chi connectivity index (χ1n) is 6.90. The van der Waals surface area contributed by atoms with E-state index in [4.69, 9.17) is 11.6 Å². The molecule has 0 aliphatic rings. The predicted molar refractivity (Wildman–Crippen MR) is 92.7 cm³/mol. The number of hydrogen-bond acceptors (Lipinski definition) is 3. The van der Waals surface area contributed by atoms with Crippen LogP contribution in [0, 0.1) is 17.0 Å². The Kier molecular flexibility index (Phi) is 4.41. The molecule has 0 fully saturated rings. The lowest BCUT2D eigenvalue weighted by Crippen LogP contribution is -1.96. The molecule has 23 heavy (non-hydrogen) atoms. The van der Waals surface area contributed by atoms with Gasteiger partial charge in [0.1, 0.15) is 0 Å². The van der Waals surface area contributed by atoms with Crippen molar-refractivity contribution in [2.24, 2.45) is 0 Å². The van der Waals surface area contributed by atoms with Gasteiger partial charge in [-0.05, 0) is 37.3 Å². The van der Waals surface area contributed by atoms with Gasteiger partial charge in [0.05, 0.1) is 20.5 Å². The lowest BCUT2D eigenvalue weighted by Gasteiger charge is -2.10. The Balaban J connectivity index is 2.07. The molecule has 0 atom stereocenters. The molecule has 6 heteroatoms. The third-order valence-electron chi connectivity index (χ3n) is 3.36. The smallest absolute Gasteiger partial charge is 0.284 e. The van der Waals surface area contributed by atoms with Crippen LogP contribution in [-0.4, -0.2) is 9.49 Å². The SMILES string of the molecule is Cc1ccc(Sc2cc(-n3cccc3)c(Cl)cc2[N+](=O)[O-])cc1. The highest BCUT2D eigenvalue weighted by Gasteiger charge is 2.19. The van der Waals surface area contributed by atoms with E-state index >= 15 is 0 Å². The topological polar surface area (TPSA) is 48.1 Å². The number of halogens is 1. The number of rotatable bonds is 4. The first kappa shape index (κ1) is 15.6. The minimum atomic E-state index is -0.401. The molecule has 0 amide bonds. The molecule has 3 aromatic rings. The predicted octanol–water partition coefficient (Wildman–Crippen LogP) is 5.50. The van der Waals surface area contributed by atoms with E-state index < -0.39 is 4.92 Å². The van der Waals surface area contributed by atoms with Crippen molar-refractivity contribution in [3.8, 4) is 5.69 Å². The summed E-state index contributed by atoms with van der Waals surface area (Å²) in [6.45, 7) is 2.00. The van der Waals surface area contributed by atoms with Crippen molar-refractivity contribution in [3.05, 3.63) is 81.6 Å². The van der Waals surface area contributed by atoms with Crippen molar-refractivity contribution in [2.75, 3.05) is 0 Å². The van der Waals surface area contributed by atoms with Gasteiger partial charge >= 0.3 is 0 Å². The summed E-state index contributed by atoms with van der Waals surface area (Å²) in [5.74, 6) is 0. The molecule has 1 aromatic heterocycles. The van der Waals surface area contributed by atoms with Gasteiger partial charge < -0.3 is 4.57 Å². The molecule has 0 radical (unpaired) electrons. The van der Waals surface area contributed by atoms with Gasteiger partial charge in [0.25, 0.3) is 5.69 Å². The Morgan fingerprint density at radius 3 is 2.39 bits per heavy atom. The fourth-order valence-electron chi connectivity index (χ4n) is 2.18. The largest absolute Gasteiger partial charge is 0.322 e. The van der Waals surface area contributed by atoms with Crippen molar-refractivity contribution in [1.82, 2.24) is 4.57 Å². The maximum absolute atomic E-state index is 11.3. The van der Waals surface area contributed by atoms with Gasteiger partial charge in [-0.3, -0.25) is 10.1 Å². The molecule has 4 nitrogen and oxygen atoms in total. The summed E-state index contributed by atoms with van der Waals surface area (Å²) in [6.07, 6.45) is 3.71. The Bertz CT molecular complexity index is 846. The Morgan fingerprint density at radius 2 is 1.78 bits per heavy atom. The van der Waals surface area contributed by atoms with E-state index in [0.29, 0.717) is 9.92 Å². The molecule has 0 N–H and O–H groups in total. The van der Waals surface area contributed by atoms with Gasteiger partial charge in [-0.1, -0.05) is 41.1 Å². The van der Waals surface area contributed by atoms with Gasteiger partial charge in [-0.25, -0.2) is 0 Å². The summed E-state index contributed by atoms with van der Waals surface area (Å²) in [7, 11) is 0. The quantitative estimate of drug-likeness (QED) is 0.464. The lowest BCUT2D eigenvalue weighted by atomic mass is 10.2. The summed E-state index contributed by atoms with van der Waals surface area (Å²) in [4.78, 5) is 12.4. The van der Waals surface area contributed by atoms with E-state index in [1.807, 2.05) is 60.3 Å². The van der Waals surface area contributed by atoms with Crippen LogP contribution in [0.1, 0.15) is 5.56 Å². The second kappa shape index (κ2) is 6.48. The summed E-state index contributed by atoms with van der Waals surface area (Å²) in [6, 6.07) is 14.8. The molecule has 0 unspecified atom stereocenters. The van der Waals surface area contributed by atoms with Crippen molar-refractivity contribution in [3.63, 3.8) is 0 Å². The summed E-state index contributed by atoms with van der Waals surface area (Å²) in [5.41, 5.74) is 1.88. The van der Waals surface area contributed by atoms with Crippen LogP contribution in [-0.2, 0) is 0 Å².